The third-order valence-electron chi connectivity index (χ3n) is 4.34. The molecule has 0 spiro atoms. The van der Waals surface area contributed by atoms with Gasteiger partial charge in [-0.1, -0.05) is 35.6 Å². The van der Waals surface area contributed by atoms with E-state index >= 15 is 0 Å². The van der Waals surface area contributed by atoms with Crippen molar-refractivity contribution in [2.45, 2.75) is 19.8 Å². The molecule has 142 valence electrons. The van der Waals surface area contributed by atoms with Crippen molar-refractivity contribution < 1.29 is 9.32 Å². The summed E-state index contributed by atoms with van der Waals surface area (Å²) in [6, 6.07) is 9.82. The highest BCUT2D eigenvalue weighted by Gasteiger charge is 2.31. The Labute approximate surface area is 170 Å². The number of thiophene rings is 1. The molecule has 1 amide bonds. The fourth-order valence-corrected chi connectivity index (χ4v) is 4.36. The van der Waals surface area contributed by atoms with Crippen LogP contribution in [-0.4, -0.2) is 22.4 Å². The lowest BCUT2D eigenvalue weighted by atomic mass is 9.92. The molecule has 7 nitrogen and oxygen atoms in total. The maximum Gasteiger partial charge on any atom is 0.267 e. The lowest BCUT2D eigenvalue weighted by Gasteiger charge is -2.13. The van der Waals surface area contributed by atoms with Gasteiger partial charge in [-0.25, -0.2) is 0 Å². The molecule has 0 radical (unpaired) electrons. The van der Waals surface area contributed by atoms with Gasteiger partial charge in [0.15, 0.2) is 5.76 Å². The van der Waals surface area contributed by atoms with Crippen LogP contribution in [0.25, 0.3) is 11.3 Å². The Kier molecular flexibility index (Phi) is 5.18. The predicted molar refractivity (Wildman–Crippen MR) is 114 cm³/mol. The molecule has 0 atom stereocenters. The molecule has 1 aliphatic rings. The van der Waals surface area contributed by atoms with Gasteiger partial charge in [0.05, 0.1) is 22.1 Å². The monoisotopic (exact) mass is 411 g/mol. The van der Waals surface area contributed by atoms with E-state index in [2.05, 4.69) is 38.5 Å². The first-order chi connectivity index (χ1) is 13.7. The number of benzene rings is 1. The number of thiocarbonyl (C=S) groups is 1. The van der Waals surface area contributed by atoms with E-state index in [0.29, 0.717) is 10.7 Å². The van der Waals surface area contributed by atoms with Crippen molar-refractivity contribution in [3.05, 3.63) is 52.5 Å². The standard InChI is InChI=1S/C19H17N5O2S2/c1-11(24-20-10-27)22-18(25)17-14-8-7-12-9-21-26-16(12)15(14)19(28-17)23-13-5-3-2-4-6-13/h2-6,9-10,23H,7-8H2,1H3,(H,20,27)(H,22,24,25). The van der Waals surface area contributed by atoms with Crippen LogP contribution < -0.4 is 16.1 Å². The summed E-state index contributed by atoms with van der Waals surface area (Å²) in [5, 5.41) is 15.0. The van der Waals surface area contributed by atoms with Crippen molar-refractivity contribution >= 4 is 51.5 Å². The zero-order valence-corrected chi connectivity index (χ0v) is 16.6. The molecule has 1 aromatic carbocycles. The van der Waals surface area contributed by atoms with Gasteiger partial charge in [-0.3, -0.25) is 10.2 Å². The van der Waals surface area contributed by atoms with Crippen molar-refractivity contribution in [1.29, 1.82) is 0 Å². The van der Waals surface area contributed by atoms with Crippen LogP contribution in [0.3, 0.4) is 0 Å². The number of aryl methyl sites for hydroxylation is 1. The van der Waals surface area contributed by atoms with Gasteiger partial charge in [-0.15, -0.1) is 11.3 Å². The Balaban J connectivity index is 1.73. The van der Waals surface area contributed by atoms with E-state index in [-0.39, 0.29) is 5.91 Å². The highest BCUT2D eigenvalue weighted by molar-refractivity contribution is 7.78. The molecule has 0 saturated carbocycles. The van der Waals surface area contributed by atoms with Gasteiger partial charge < -0.3 is 15.2 Å². The largest absolute Gasteiger partial charge is 0.356 e. The quantitative estimate of drug-likeness (QED) is 0.256. The topological polar surface area (TPSA) is 91.5 Å². The van der Waals surface area contributed by atoms with Gasteiger partial charge in [0, 0.05) is 11.3 Å². The summed E-state index contributed by atoms with van der Waals surface area (Å²) in [6.45, 7) is 1.70. The molecule has 2 aromatic heterocycles. The maximum atomic E-state index is 12.9. The number of nitrogens with zero attached hydrogens (tertiary/aromatic N) is 2. The van der Waals surface area contributed by atoms with Crippen LogP contribution in [0.5, 0.6) is 0 Å². The zero-order chi connectivity index (χ0) is 19.5. The van der Waals surface area contributed by atoms with Crippen LogP contribution in [0.1, 0.15) is 27.7 Å². The van der Waals surface area contributed by atoms with E-state index in [4.69, 9.17) is 4.52 Å². The summed E-state index contributed by atoms with van der Waals surface area (Å²) < 4.78 is 5.52. The molecule has 9 heteroatoms. The van der Waals surface area contributed by atoms with Crippen molar-refractivity contribution in [2.24, 2.45) is 5.10 Å². The lowest BCUT2D eigenvalue weighted by molar-refractivity contribution is 0.0980. The molecular formula is C19H17N5O2S2. The average Bonchev–Trinajstić information content (AvgIpc) is 3.31. The molecule has 0 bridgehead atoms. The first kappa shape index (κ1) is 18.3. The van der Waals surface area contributed by atoms with E-state index < -0.39 is 0 Å². The molecule has 0 saturated heterocycles. The van der Waals surface area contributed by atoms with E-state index in [0.717, 1.165) is 46.0 Å². The van der Waals surface area contributed by atoms with Gasteiger partial charge in [0.25, 0.3) is 5.91 Å². The predicted octanol–water partition coefficient (Wildman–Crippen LogP) is 3.86. The number of anilines is 2. The lowest BCUT2D eigenvalue weighted by Crippen LogP contribution is -2.30. The molecular weight excluding hydrogens is 394 g/mol. The summed E-state index contributed by atoms with van der Waals surface area (Å²) in [5.41, 5.74) is 7.68. The van der Waals surface area contributed by atoms with Crippen LogP contribution in [0.2, 0.25) is 0 Å². The molecule has 28 heavy (non-hydrogen) atoms. The second-order valence-electron chi connectivity index (χ2n) is 6.18. The maximum absolute atomic E-state index is 12.9. The van der Waals surface area contributed by atoms with Crippen molar-refractivity contribution in [2.75, 3.05) is 5.32 Å². The van der Waals surface area contributed by atoms with Crippen LogP contribution in [0.15, 0.2) is 46.2 Å². The normalized spacial score (nSPS) is 12.7. The molecule has 0 fully saturated rings. The first-order valence-corrected chi connectivity index (χ1v) is 9.92. The van der Waals surface area contributed by atoms with E-state index in [1.54, 1.807) is 13.1 Å². The zero-order valence-electron chi connectivity index (χ0n) is 15.0. The number of carbonyl (C=O) groups excluding carboxylic acids is 1. The minimum absolute atomic E-state index is 0.210. The summed E-state index contributed by atoms with van der Waals surface area (Å²) in [7, 11) is 0. The van der Waals surface area contributed by atoms with Gasteiger partial charge in [0.1, 0.15) is 10.8 Å². The van der Waals surface area contributed by atoms with Crippen molar-refractivity contribution in [3.8, 4) is 11.3 Å². The molecule has 4 rings (SSSR count). The fourth-order valence-electron chi connectivity index (χ4n) is 3.14. The smallest absolute Gasteiger partial charge is 0.267 e. The van der Waals surface area contributed by atoms with Crippen LogP contribution in [0.4, 0.5) is 10.7 Å². The van der Waals surface area contributed by atoms with E-state index in [1.165, 1.54) is 16.8 Å². The first-order valence-electron chi connectivity index (χ1n) is 8.64. The van der Waals surface area contributed by atoms with Gasteiger partial charge in [0.2, 0.25) is 0 Å². The minimum Gasteiger partial charge on any atom is -0.356 e. The van der Waals surface area contributed by atoms with E-state index in [9.17, 15) is 4.79 Å². The number of hydrogen-bond donors (Lipinski definition) is 3. The number of hydrazone groups is 1. The number of amides is 1. The Morgan fingerprint density at radius 3 is 2.93 bits per heavy atom. The number of amidine groups is 1. The number of para-hydroxylation sites is 1. The minimum atomic E-state index is -0.210. The third-order valence-corrected chi connectivity index (χ3v) is 5.59. The number of hydrogen-bond acceptors (Lipinski definition) is 7. The number of nitrogens with one attached hydrogen (secondary N) is 3. The van der Waals surface area contributed by atoms with E-state index in [1.807, 2.05) is 30.3 Å². The van der Waals surface area contributed by atoms with Crippen molar-refractivity contribution in [1.82, 2.24) is 15.9 Å². The molecule has 3 N–H and O–H groups in total. The Morgan fingerprint density at radius 2 is 2.14 bits per heavy atom. The summed E-state index contributed by atoms with van der Waals surface area (Å²) in [6.07, 6.45) is 3.27. The second kappa shape index (κ2) is 7.91. The van der Waals surface area contributed by atoms with Crippen molar-refractivity contribution in [3.63, 3.8) is 0 Å². The van der Waals surface area contributed by atoms with Crippen LogP contribution in [-0.2, 0) is 12.8 Å². The fraction of sp³-hybridized carbons (Fsp3) is 0.158. The van der Waals surface area contributed by atoms with Crippen LogP contribution in [0, 0.1) is 0 Å². The molecule has 1 aliphatic carbocycles. The average molecular weight is 412 g/mol. The second-order valence-corrected chi connectivity index (χ2v) is 7.44. The summed E-state index contributed by atoms with van der Waals surface area (Å²) in [5.74, 6) is 0.947. The Bertz CT molecular complexity index is 1060. The molecule has 0 unspecified atom stereocenters. The Morgan fingerprint density at radius 1 is 1.32 bits per heavy atom. The number of carbonyl (C=O) groups is 1. The summed E-state index contributed by atoms with van der Waals surface area (Å²) >= 11 is 6.07. The third kappa shape index (κ3) is 3.54. The molecule has 2 heterocycles. The molecule has 0 aliphatic heterocycles. The van der Waals surface area contributed by atoms with Crippen LogP contribution >= 0.6 is 23.6 Å². The van der Waals surface area contributed by atoms with Gasteiger partial charge >= 0.3 is 0 Å². The Hall–Kier alpha value is -3.04. The van der Waals surface area contributed by atoms with Gasteiger partial charge in [-0.05, 0) is 37.5 Å². The highest BCUT2D eigenvalue weighted by Crippen LogP contribution is 2.46. The number of fused-ring (bicyclic) bond motifs is 3. The molecule has 3 aromatic rings. The highest BCUT2D eigenvalue weighted by atomic mass is 32.1. The van der Waals surface area contributed by atoms with Gasteiger partial charge in [-0.2, -0.15) is 5.10 Å². The number of aromatic nitrogens is 1. The summed E-state index contributed by atoms with van der Waals surface area (Å²) in [4.78, 5) is 13.5. The SMILES string of the molecule is C/C(=N\NC=S)NC(=O)c1sc(Nc2ccccc2)c2c1CCc1cnoc1-2. The number of rotatable bonds is 5.